The predicted molar refractivity (Wildman–Crippen MR) is 176 cm³/mol. The molecular weight excluding hydrogens is 660 g/mol. The predicted octanol–water partition coefficient (Wildman–Crippen LogP) is 7.13. The van der Waals surface area contributed by atoms with E-state index in [0.29, 0.717) is 47.2 Å². The molecule has 5 rings (SSSR count). The largest absolute Gasteiger partial charge is 0.494 e. The molecule has 0 aliphatic carbocycles. The van der Waals surface area contributed by atoms with E-state index < -0.39 is 17.6 Å². The molecule has 0 unspecified atom stereocenters. The van der Waals surface area contributed by atoms with E-state index >= 15 is 0 Å². The maximum absolute atomic E-state index is 14.4. The molecule has 0 spiro atoms. The van der Waals surface area contributed by atoms with Crippen LogP contribution in [0.3, 0.4) is 0 Å². The number of benzene rings is 4. The third-order valence-corrected chi connectivity index (χ3v) is 7.95. The number of azide groups is 1. The van der Waals surface area contributed by atoms with Gasteiger partial charge in [-0.25, -0.2) is 10.4 Å². The number of amides is 1. The molecule has 2 atom stereocenters. The van der Waals surface area contributed by atoms with Gasteiger partial charge in [-0.05, 0) is 70.8 Å². The van der Waals surface area contributed by atoms with Crippen LogP contribution in [0, 0.1) is 0 Å². The summed E-state index contributed by atoms with van der Waals surface area (Å²) in [6.45, 7) is 0.742. The number of rotatable bonds is 13. The number of carbonyl (C=O) groups excluding carboxylic acids is 1. The molecule has 10 nitrogen and oxygen atoms in total. The summed E-state index contributed by atoms with van der Waals surface area (Å²) >= 11 is 9.64. The lowest BCUT2D eigenvalue weighted by Gasteiger charge is -2.31. The molecule has 45 heavy (non-hydrogen) atoms. The van der Waals surface area contributed by atoms with Crippen LogP contribution >= 0.6 is 27.5 Å². The van der Waals surface area contributed by atoms with Crippen LogP contribution in [0.25, 0.3) is 10.4 Å². The van der Waals surface area contributed by atoms with E-state index in [1.165, 1.54) is 0 Å². The number of hydrogen-bond donors (Lipinski definition) is 3. The van der Waals surface area contributed by atoms with E-state index in [1.807, 2.05) is 66.7 Å². The van der Waals surface area contributed by atoms with Crippen molar-refractivity contribution in [3.8, 4) is 5.75 Å². The molecule has 0 aromatic heterocycles. The second-order valence-electron chi connectivity index (χ2n) is 10.3. The van der Waals surface area contributed by atoms with E-state index in [0.717, 1.165) is 15.6 Å². The van der Waals surface area contributed by atoms with E-state index in [1.54, 1.807) is 30.3 Å². The Labute approximate surface area is 273 Å². The highest BCUT2D eigenvalue weighted by Crippen LogP contribution is 2.44. The molecule has 1 aliphatic heterocycles. The minimum Gasteiger partial charge on any atom is -0.494 e. The Morgan fingerprint density at radius 2 is 1.87 bits per heavy atom. The molecule has 3 N–H and O–H groups in total. The Bertz CT molecular complexity index is 1710. The SMILES string of the molecule is [N-]=[N+]=Nc1ccccc1C[C@]1(C(=O)NNCc2cccc(Cl)c2)N=C(c2ccc(OCCCO)cc2)O[C@H]1c1ccc(Br)cc1. The van der Waals surface area contributed by atoms with Crippen molar-refractivity contribution in [3.63, 3.8) is 0 Å². The Morgan fingerprint density at radius 1 is 1.09 bits per heavy atom. The van der Waals surface area contributed by atoms with Crippen LogP contribution < -0.4 is 15.6 Å². The fraction of sp³-hybridized carbons (Fsp3) is 0.212. The third kappa shape index (κ3) is 7.83. The topological polar surface area (TPSA) is 141 Å². The van der Waals surface area contributed by atoms with E-state index in [9.17, 15) is 10.3 Å². The molecule has 0 saturated carbocycles. The van der Waals surface area contributed by atoms with Crippen molar-refractivity contribution < 1.29 is 19.4 Å². The van der Waals surface area contributed by atoms with E-state index in [-0.39, 0.29) is 18.9 Å². The monoisotopic (exact) mass is 688 g/mol. The minimum absolute atomic E-state index is 0.0427. The molecule has 0 saturated heterocycles. The molecule has 0 fully saturated rings. The Hall–Kier alpha value is -4.38. The minimum atomic E-state index is -1.51. The molecule has 0 radical (unpaired) electrons. The number of hydrazine groups is 1. The van der Waals surface area contributed by atoms with E-state index in [2.05, 4.69) is 36.8 Å². The van der Waals surface area contributed by atoms with Gasteiger partial charge in [0, 0.05) is 51.7 Å². The standard InChI is InChI=1S/C33H30BrClN6O4/c34-26-13-9-23(10-14-26)30-33(20-25-6-1-2-8-29(25)39-41-36,32(43)40-37-21-22-5-3-7-27(35)19-22)38-31(45-30)24-11-15-28(16-12-24)44-18-4-17-42/h1-3,5-16,19,30,37,42H,4,17-18,20-21H2,(H,40,43)/t30-,33-/m0/s1. The Kier molecular flexibility index (Phi) is 10.7. The Morgan fingerprint density at radius 3 is 2.60 bits per heavy atom. The fourth-order valence-corrected chi connectivity index (χ4v) is 5.48. The first-order valence-corrected chi connectivity index (χ1v) is 15.4. The molecule has 1 amide bonds. The van der Waals surface area contributed by atoms with Crippen LogP contribution in [0.4, 0.5) is 5.69 Å². The number of aliphatic hydroxyl groups excluding tert-OH is 1. The average Bonchev–Trinajstić information content (AvgIpc) is 3.43. The summed E-state index contributed by atoms with van der Waals surface area (Å²) in [4.78, 5) is 22.4. The van der Waals surface area contributed by atoms with Crippen LogP contribution in [0.2, 0.25) is 5.02 Å². The van der Waals surface area contributed by atoms with Crippen molar-refractivity contribution in [3.05, 3.63) is 139 Å². The summed E-state index contributed by atoms with van der Waals surface area (Å²) in [7, 11) is 0. The summed E-state index contributed by atoms with van der Waals surface area (Å²) in [5.74, 6) is 0.469. The lowest BCUT2D eigenvalue weighted by molar-refractivity contribution is -0.130. The number of aliphatic hydroxyl groups is 1. The van der Waals surface area contributed by atoms with Gasteiger partial charge in [-0.3, -0.25) is 10.2 Å². The zero-order valence-corrected chi connectivity index (χ0v) is 26.4. The molecule has 1 heterocycles. The number of halogens is 2. The maximum atomic E-state index is 14.4. The highest BCUT2D eigenvalue weighted by atomic mass is 79.9. The maximum Gasteiger partial charge on any atom is 0.266 e. The molecule has 1 aliphatic rings. The number of aliphatic imine (C=N–C) groups is 1. The van der Waals surface area contributed by atoms with Gasteiger partial charge in [0.15, 0.2) is 11.6 Å². The molecular formula is C33H30BrClN6O4. The van der Waals surface area contributed by atoms with Gasteiger partial charge in [0.05, 0.1) is 6.61 Å². The Balaban J connectivity index is 1.55. The molecule has 12 heteroatoms. The van der Waals surface area contributed by atoms with Gasteiger partial charge in [-0.2, -0.15) is 0 Å². The molecule has 4 aromatic carbocycles. The van der Waals surface area contributed by atoms with Crippen LogP contribution in [0.5, 0.6) is 5.75 Å². The molecule has 0 bridgehead atoms. The first-order chi connectivity index (χ1) is 21.9. The summed E-state index contributed by atoms with van der Waals surface area (Å²) in [6.07, 6.45) is -0.250. The lowest BCUT2D eigenvalue weighted by Crippen LogP contribution is -2.53. The van der Waals surface area contributed by atoms with Crippen molar-refractivity contribution in [1.29, 1.82) is 0 Å². The highest BCUT2D eigenvalue weighted by molar-refractivity contribution is 9.10. The van der Waals surface area contributed by atoms with Gasteiger partial charge in [0.2, 0.25) is 5.90 Å². The first-order valence-electron chi connectivity index (χ1n) is 14.2. The first kappa shape index (κ1) is 32.0. The van der Waals surface area contributed by atoms with Crippen LogP contribution in [-0.4, -0.2) is 35.7 Å². The zero-order chi connectivity index (χ0) is 31.6. The normalized spacial score (nSPS) is 17.1. The summed E-state index contributed by atoms with van der Waals surface area (Å²) in [6, 6.07) is 29.1. The quantitative estimate of drug-likeness (QED) is 0.0451. The smallest absolute Gasteiger partial charge is 0.266 e. The second-order valence-corrected chi connectivity index (χ2v) is 11.6. The number of ether oxygens (including phenoxy) is 2. The van der Waals surface area contributed by atoms with Crippen LogP contribution in [0.1, 0.15) is 34.8 Å². The third-order valence-electron chi connectivity index (χ3n) is 7.19. The van der Waals surface area contributed by atoms with Crippen molar-refractivity contribution >= 4 is 45.0 Å². The van der Waals surface area contributed by atoms with Crippen molar-refractivity contribution in [2.75, 3.05) is 13.2 Å². The lowest BCUT2D eigenvalue weighted by atomic mass is 9.81. The van der Waals surface area contributed by atoms with E-state index in [4.69, 9.17) is 31.2 Å². The zero-order valence-electron chi connectivity index (χ0n) is 24.1. The number of nitrogens with zero attached hydrogens (tertiary/aromatic N) is 4. The van der Waals surface area contributed by atoms with Crippen molar-refractivity contribution in [2.45, 2.75) is 31.0 Å². The van der Waals surface area contributed by atoms with Crippen molar-refractivity contribution in [1.82, 2.24) is 10.9 Å². The summed E-state index contributed by atoms with van der Waals surface area (Å²) < 4.78 is 13.1. The van der Waals surface area contributed by atoms with Gasteiger partial charge in [0.1, 0.15) is 5.75 Å². The van der Waals surface area contributed by atoms with Crippen LogP contribution in [0.15, 0.2) is 112 Å². The number of hydrogen-bond acceptors (Lipinski definition) is 7. The van der Waals surface area contributed by atoms with Gasteiger partial charge in [-0.15, -0.1) is 0 Å². The summed E-state index contributed by atoms with van der Waals surface area (Å²) in [5.41, 5.74) is 16.9. The van der Waals surface area contributed by atoms with Gasteiger partial charge < -0.3 is 14.6 Å². The van der Waals surface area contributed by atoms with Gasteiger partial charge in [0.25, 0.3) is 5.91 Å². The van der Waals surface area contributed by atoms with Gasteiger partial charge >= 0.3 is 0 Å². The second kappa shape index (κ2) is 15.1. The highest BCUT2D eigenvalue weighted by Gasteiger charge is 2.53. The van der Waals surface area contributed by atoms with Crippen LogP contribution in [-0.2, 0) is 22.5 Å². The average molecular weight is 690 g/mol. The number of nitrogens with one attached hydrogen (secondary N) is 2. The fourth-order valence-electron chi connectivity index (χ4n) is 5.00. The molecule has 230 valence electrons. The van der Waals surface area contributed by atoms with Crippen molar-refractivity contribution in [2.24, 2.45) is 10.1 Å². The summed E-state index contributed by atoms with van der Waals surface area (Å²) in [5, 5.41) is 13.5. The molecule has 4 aromatic rings. The number of carbonyl (C=O) groups is 1. The van der Waals surface area contributed by atoms with Gasteiger partial charge in [-0.1, -0.05) is 81.2 Å².